The molecule has 0 radical (unpaired) electrons. The second-order valence-electron chi connectivity index (χ2n) is 6.44. The number of anilines is 2. The number of esters is 1. The summed E-state index contributed by atoms with van der Waals surface area (Å²) in [6.07, 6.45) is 1.70. The van der Waals surface area contributed by atoms with E-state index in [1.54, 1.807) is 30.5 Å². The molecule has 0 aliphatic heterocycles. The Bertz CT molecular complexity index is 1280. The lowest BCUT2D eigenvalue weighted by molar-refractivity contribution is -0.385. The lowest BCUT2D eigenvalue weighted by Gasteiger charge is -2.08. The van der Waals surface area contributed by atoms with Crippen molar-refractivity contribution in [2.24, 2.45) is 0 Å². The van der Waals surface area contributed by atoms with Crippen LogP contribution in [0, 0.1) is 10.1 Å². The normalized spacial score (nSPS) is 10.4. The van der Waals surface area contributed by atoms with E-state index in [9.17, 15) is 14.9 Å². The van der Waals surface area contributed by atoms with Gasteiger partial charge in [-0.3, -0.25) is 15.1 Å². The number of nitrogens with one attached hydrogen (secondary N) is 1. The highest BCUT2D eigenvalue weighted by atomic mass is 32.1. The summed E-state index contributed by atoms with van der Waals surface area (Å²) in [5.74, 6) is -0.330. The standard InChI is InChI=1S/C22H16N4O5S/c1-30-15-8-9-20(26(28)29)17(12-15)21(27)31-16-6-4-5-14(11-16)24-22-25-19(13-32-22)18-7-2-3-10-23-18/h2-13H,1H3,(H,24,25). The van der Waals surface area contributed by atoms with Gasteiger partial charge in [-0.1, -0.05) is 12.1 Å². The fourth-order valence-electron chi connectivity index (χ4n) is 2.85. The zero-order valence-corrected chi connectivity index (χ0v) is 17.5. The van der Waals surface area contributed by atoms with Gasteiger partial charge in [0, 0.05) is 35.5 Å². The molecule has 0 fully saturated rings. The van der Waals surface area contributed by atoms with Crippen molar-refractivity contribution in [3.8, 4) is 22.9 Å². The molecule has 4 rings (SSSR count). The quantitative estimate of drug-likeness (QED) is 0.180. The van der Waals surface area contributed by atoms with E-state index in [4.69, 9.17) is 9.47 Å². The highest BCUT2D eigenvalue weighted by Gasteiger charge is 2.23. The molecule has 10 heteroatoms. The van der Waals surface area contributed by atoms with Gasteiger partial charge in [0.05, 0.1) is 17.7 Å². The molecule has 160 valence electrons. The third-order valence-electron chi connectivity index (χ3n) is 4.35. The summed E-state index contributed by atoms with van der Waals surface area (Å²) in [6, 6.07) is 16.1. The van der Waals surface area contributed by atoms with Gasteiger partial charge in [0.2, 0.25) is 0 Å². The van der Waals surface area contributed by atoms with Crippen molar-refractivity contribution in [2.45, 2.75) is 0 Å². The number of nitro benzene ring substituents is 1. The van der Waals surface area contributed by atoms with Crippen LogP contribution >= 0.6 is 11.3 Å². The number of hydrogen-bond acceptors (Lipinski definition) is 9. The number of nitro groups is 1. The average molecular weight is 448 g/mol. The first-order valence-corrected chi connectivity index (χ1v) is 10.2. The summed E-state index contributed by atoms with van der Waals surface area (Å²) in [7, 11) is 1.41. The molecule has 2 heterocycles. The zero-order valence-electron chi connectivity index (χ0n) is 16.7. The maximum Gasteiger partial charge on any atom is 0.350 e. The van der Waals surface area contributed by atoms with E-state index in [0.717, 1.165) is 11.4 Å². The molecule has 0 unspecified atom stereocenters. The predicted octanol–water partition coefficient (Wildman–Crippen LogP) is 5.08. The van der Waals surface area contributed by atoms with E-state index in [0.29, 0.717) is 16.6 Å². The molecule has 0 aliphatic carbocycles. The van der Waals surface area contributed by atoms with Gasteiger partial charge in [-0.2, -0.15) is 0 Å². The zero-order chi connectivity index (χ0) is 22.5. The summed E-state index contributed by atoms with van der Waals surface area (Å²) >= 11 is 1.41. The van der Waals surface area contributed by atoms with Crippen LogP contribution in [0.3, 0.4) is 0 Å². The monoisotopic (exact) mass is 448 g/mol. The molecule has 32 heavy (non-hydrogen) atoms. The summed E-state index contributed by atoms with van der Waals surface area (Å²) < 4.78 is 10.4. The van der Waals surface area contributed by atoms with E-state index in [1.165, 1.54) is 36.6 Å². The summed E-state index contributed by atoms with van der Waals surface area (Å²) in [6.45, 7) is 0. The Kier molecular flexibility index (Phi) is 6.04. The Morgan fingerprint density at radius 3 is 2.69 bits per heavy atom. The molecule has 0 saturated carbocycles. The molecule has 0 aliphatic rings. The van der Waals surface area contributed by atoms with Crippen LogP contribution < -0.4 is 14.8 Å². The molecule has 1 N–H and O–H groups in total. The fourth-order valence-corrected chi connectivity index (χ4v) is 3.58. The maximum atomic E-state index is 12.6. The second kappa shape index (κ2) is 9.23. The van der Waals surface area contributed by atoms with Gasteiger partial charge in [0.25, 0.3) is 5.69 Å². The van der Waals surface area contributed by atoms with Gasteiger partial charge in [0.1, 0.15) is 22.8 Å². The van der Waals surface area contributed by atoms with Crippen LogP contribution in [-0.2, 0) is 0 Å². The summed E-state index contributed by atoms with van der Waals surface area (Å²) in [4.78, 5) is 32.0. The Hall–Kier alpha value is -4.31. The molecule has 0 bridgehead atoms. The molecule has 2 aromatic carbocycles. The third-order valence-corrected chi connectivity index (χ3v) is 5.11. The SMILES string of the molecule is COc1ccc([N+](=O)[O-])c(C(=O)Oc2cccc(Nc3nc(-c4ccccn4)cs3)c2)c1. The van der Waals surface area contributed by atoms with Gasteiger partial charge in [0.15, 0.2) is 5.13 Å². The van der Waals surface area contributed by atoms with E-state index in [1.807, 2.05) is 23.6 Å². The maximum absolute atomic E-state index is 12.6. The lowest BCUT2D eigenvalue weighted by Crippen LogP contribution is -2.11. The van der Waals surface area contributed by atoms with E-state index in [-0.39, 0.29) is 17.0 Å². The van der Waals surface area contributed by atoms with E-state index in [2.05, 4.69) is 15.3 Å². The number of thiazole rings is 1. The van der Waals surface area contributed by atoms with Gasteiger partial charge < -0.3 is 14.8 Å². The van der Waals surface area contributed by atoms with Crippen molar-refractivity contribution < 1.29 is 19.2 Å². The first kappa shape index (κ1) is 20.9. The molecule has 0 spiro atoms. The second-order valence-corrected chi connectivity index (χ2v) is 7.29. The van der Waals surface area contributed by atoms with E-state index >= 15 is 0 Å². The molecular formula is C22H16N4O5S. The first-order valence-electron chi connectivity index (χ1n) is 9.32. The van der Waals surface area contributed by atoms with Crippen LogP contribution in [-0.4, -0.2) is 28.0 Å². The minimum atomic E-state index is -0.862. The lowest BCUT2D eigenvalue weighted by atomic mass is 10.1. The van der Waals surface area contributed by atoms with Gasteiger partial charge >= 0.3 is 5.97 Å². The predicted molar refractivity (Wildman–Crippen MR) is 120 cm³/mol. The van der Waals surface area contributed by atoms with Crippen LogP contribution in [0.25, 0.3) is 11.4 Å². The Morgan fingerprint density at radius 2 is 1.94 bits per heavy atom. The average Bonchev–Trinajstić information content (AvgIpc) is 3.28. The molecule has 0 saturated heterocycles. The first-order chi connectivity index (χ1) is 15.5. The smallest absolute Gasteiger partial charge is 0.350 e. The minimum Gasteiger partial charge on any atom is -0.497 e. The fraction of sp³-hybridized carbons (Fsp3) is 0.0455. The number of nitrogens with zero attached hydrogens (tertiary/aromatic N) is 3. The molecule has 4 aromatic rings. The van der Waals surface area contributed by atoms with Crippen LogP contribution in [0.4, 0.5) is 16.5 Å². The molecule has 2 aromatic heterocycles. The Balaban J connectivity index is 1.51. The van der Waals surface area contributed by atoms with Crippen LogP contribution in [0.1, 0.15) is 10.4 Å². The van der Waals surface area contributed by atoms with Crippen molar-refractivity contribution in [3.63, 3.8) is 0 Å². The number of pyridine rings is 1. The topological polar surface area (TPSA) is 116 Å². The van der Waals surface area contributed by atoms with Crippen molar-refractivity contribution in [3.05, 3.63) is 87.9 Å². The Morgan fingerprint density at radius 1 is 1.06 bits per heavy atom. The number of methoxy groups -OCH3 is 1. The minimum absolute atomic E-state index is 0.201. The third kappa shape index (κ3) is 4.71. The van der Waals surface area contributed by atoms with Gasteiger partial charge in [-0.15, -0.1) is 11.3 Å². The van der Waals surface area contributed by atoms with Crippen molar-refractivity contribution in [1.82, 2.24) is 9.97 Å². The number of carbonyl (C=O) groups excluding carboxylic acids is 1. The molecule has 0 atom stereocenters. The Labute approximate surface area is 186 Å². The largest absolute Gasteiger partial charge is 0.497 e. The number of ether oxygens (including phenoxy) is 2. The van der Waals surface area contributed by atoms with Gasteiger partial charge in [-0.05, 0) is 30.3 Å². The number of carbonyl (C=O) groups is 1. The highest BCUT2D eigenvalue weighted by Crippen LogP contribution is 2.29. The van der Waals surface area contributed by atoms with Crippen molar-refractivity contribution in [2.75, 3.05) is 12.4 Å². The van der Waals surface area contributed by atoms with Crippen molar-refractivity contribution in [1.29, 1.82) is 0 Å². The van der Waals surface area contributed by atoms with Crippen LogP contribution in [0.2, 0.25) is 0 Å². The highest BCUT2D eigenvalue weighted by molar-refractivity contribution is 7.14. The van der Waals surface area contributed by atoms with E-state index < -0.39 is 10.9 Å². The molecule has 9 nitrogen and oxygen atoms in total. The number of aromatic nitrogens is 2. The molecular weight excluding hydrogens is 432 g/mol. The number of rotatable bonds is 7. The number of hydrogen-bond donors (Lipinski definition) is 1. The molecule has 0 amide bonds. The van der Waals surface area contributed by atoms with Crippen molar-refractivity contribution >= 4 is 33.8 Å². The van der Waals surface area contributed by atoms with Crippen LogP contribution in [0.5, 0.6) is 11.5 Å². The summed E-state index contributed by atoms with van der Waals surface area (Å²) in [5.41, 5.74) is 1.57. The summed E-state index contributed by atoms with van der Waals surface area (Å²) in [5, 5.41) is 17.0. The van der Waals surface area contributed by atoms with Crippen LogP contribution in [0.15, 0.2) is 72.2 Å². The van der Waals surface area contributed by atoms with Gasteiger partial charge in [-0.25, -0.2) is 9.78 Å². The number of benzene rings is 2.